The Morgan fingerprint density at radius 3 is 2.40 bits per heavy atom. The second-order valence-electron chi connectivity index (χ2n) is 4.03. The molecule has 112 valence electrons. The summed E-state index contributed by atoms with van der Waals surface area (Å²) in [5.74, 6) is 0.487. The maximum atomic E-state index is 11.8. The van der Waals surface area contributed by atoms with E-state index in [1.807, 2.05) is 6.26 Å². The molecule has 0 fully saturated rings. The Morgan fingerprint density at radius 2 is 1.90 bits per heavy atom. The van der Waals surface area contributed by atoms with Crippen molar-refractivity contribution in [1.82, 2.24) is 5.32 Å². The van der Waals surface area contributed by atoms with Gasteiger partial charge in [0.05, 0.1) is 6.04 Å². The molecule has 0 radical (unpaired) electrons. The van der Waals surface area contributed by atoms with E-state index < -0.39 is 6.04 Å². The minimum atomic E-state index is -0.508. The lowest BCUT2D eigenvalue weighted by Crippen LogP contribution is -2.36. The zero-order valence-corrected chi connectivity index (χ0v) is 13.1. The van der Waals surface area contributed by atoms with Crippen molar-refractivity contribution in [2.75, 3.05) is 24.4 Å². The number of benzene rings is 1. The molecule has 1 aromatic carbocycles. The Labute approximate surface area is 129 Å². The van der Waals surface area contributed by atoms with E-state index in [0.29, 0.717) is 17.7 Å². The third-order valence-electron chi connectivity index (χ3n) is 2.61. The first-order valence-corrected chi connectivity index (χ1v) is 7.35. The lowest BCUT2D eigenvalue weighted by atomic mass is 10.2. The molecule has 1 atom stereocenters. The van der Waals surface area contributed by atoms with Gasteiger partial charge in [0, 0.05) is 18.3 Å². The van der Waals surface area contributed by atoms with Crippen molar-refractivity contribution in [3.63, 3.8) is 0 Å². The minimum Gasteiger partial charge on any atom is -0.355 e. The monoisotopic (exact) mass is 317 g/mol. The predicted molar refractivity (Wildman–Crippen MR) is 86.7 cm³/mol. The molecule has 7 heteroatoms. The van der Waals surface area contributed by atoms with Crippen LogP contribution in [0, 0.1) is 0 Å². The number of carbonyl (C=O) groups excluding carboxylic acids is 2. The van der Waals surface area contributed by atoms with E-state index >= 15 is 0 Å². The van der Waals surface area contributed by atoms with Gasteiger partial charge in [0.15, 0.2) is 0 Å². The van der Waals surface area contributed by atoms with E-state index in [0.717, 1.165) is 5.75 Å². The van der Waals surface area contributed by atoms with Gasteiger partial charge in [0.2, 0.25) is 5.91 Å². The Kier molecular flexibility index (Phi) is 9.03. The third kappa shape index (κ3) is 5.81. The first-order valence-electron chi connectivity index (χ1n) is 5.96. The van der Waals surface area contributed by atoms with Crippen molar-refractivity contribution in [1.29, 1.82) is 0 Å². The molecule has 0 saturated heterocycles. The Morgan fingerprint density at radius 1 is 1.30 bits per heavy atom. The second kappa shape index (κ2) is 9.63. The van der Waals surface area contributed by atoms with Crippen molar-refractivity contribution in [2.45, 2.75) is 12.5 Å². The van der Waals surface area contributed by atoms with Crippen LogP contribution in [-0.4, -0.2) is 36.9 Å². The van der Waals surface area contributed by atoms with Crippen molar-refractivity contribution >= 4 is 41.7 Å². The molecule has 0 saturated carbocycles. The van der Waals surface area contributed by atoms with Gasteiger partial charge in [-0.3, -0.25) is 9.59 Å². The molecule has 0 aliphatic carbocycles. The van der Waals surface area contributed by atoms with Crippen LogP contribution < -0.4 is 16.4 Å². The van der Waals surface area contributed by atoms with Gasteiger partial charge < -0.3 is 16.4 Å². The first kappa shape index (κ1) is 18.8. The van der Waals surface area contributed by atoms with Crippen LogP contribution in [0.25, 0.3) is 0 Å². The largest absolute Gasteiger partial charge is 0.355 e. The number of rotatable bonds is 6. The Bertz CT molecular complexity index is 440. The highest BCUT2D eigenvalue weighted by atomic mass is 35.5. The summed E-state index contributed by atoms with van der Waals surface area (Å²) in [6, 6.07) is 6.17. The molecule has 4 N–H and O–H groups in total. The first-order chi connectivity index (χ1) is 9.08. The summed E-state index contributed by atoms with van der Waals surface area (Å²) in [6.07, 6.45) is 2.62. The SMILES string of the molecule is CNC(=O)c1ccc(NC(=O)[C@@H](N)CCSC)cc1.Cl. The standard InChI is InChI=1S/C13H19N3O2S.ClH/c1-15-12(17)9-3-5-10(6-4-9)16-13(18)11(14)7-8-19-2;/h3-6,11H,7-8,14H2,1-2H3,(H,15,17)(H,16,18);1H/t11-;/m0./s1. The molecule has 0 aromatic heterocycles. The van der Waals surface area contributed by atoms with Crippen LogP contribution in [0.1, 0.15) is 16.8 Å². The van der Waals surface area contributed by atoms with Gasteiger partial charge >= 0.3 is 0 Å². The van der Waals surface area contributed by atoms with Crippen LogP contribution in [0.5, 0.6) is 0 Å². The average molecular weight is 318 g/mol. The average Bonchev–Trinajstić information content (AvgIpc) is 2.44. The number of amides is 2. The van der Waals surface area contributed by atoms with Crippen LogP contribution in [0.4, 0.5) is 5.69 Å². The molecular formula is C13H20ClN3O2S. The number of thioether (sulfide) groups is 1. The number of nitrogens with one attached hydrogen (secondary N) is 2. The molecule has 0 unspecified atom stereocenters. The molecule has 2 amide bonds. The van der Waals surface area contributed by atoms with Crippen molar-refractivity contribution in [3.05, 3.63) is 29.8 Å². The van der Waals surface area contributed by atoms with E-state index in [1.165, 1.54) is 0 Å². The summed E-state index contributed by atoms with van der Waals surface area (Å²) in [7, 11) is 1.57. The molecule has 0 aliphatic rings. The molecule has 0 heterocycles. The van der Waals surface area contributed by atoms with Crippen molar-refractivity contribution in [2.24, 2.45) is 5.73 Å². The van der Waals surface area contributed by atoms with Gasteiger partial charge in [0.25, 0.3) is 5.91 Å². The van der Waals surface area contributed by atoms with Crippen LogP contribution in [0.2, 0.25) is 0 Å². The lowest BCUT2D eigenvalue weighted by Gasteiger charge is -2.11. The van der Waals surface area contributed by atoms with E-state index in [2.05, 4.69) is 10.6 Å². The van der Waals surface area contributed by atoms with Gasteiger partial charge in [-0.05, 0) is 42.7 Å². The van der Waals surface area contributed by atoms with E-state index in [9.17, 15) is 9.59 Å². The number of anilines is 1. The van der Waals surface area contributed by atoms with Gasteiger partial charge in [-0.1, -0.05) is 0 Å². The number of carbonyl (C=O) groups is 2. The second-order valence-corrected chi connectivity index (χ2v) is 5.02. The maximum Gasteiger partial charge on any atom is 0.251 e. The van der Waals surface area contributed by atoms with Crippen LogP contribution in [0.15, 0.2) is 24.3 Å². The van der Waals surface area contributed by atoms with E-state index in [4.69, 9.17) is 5.73 Å². The highest BCUT2D eigenvalue weighted by molar-refractivity contribution is 7.98. The smallest absolute Gasteiger partial charge is 0.251 e. The topological polar surface area (TPSA) is 84.2 Å². The molecule has 0 bridgehead atoms. The Hall–Kier alpha value is -1.24. The van der Waals surface area contributed by atoms with Crippen molar-refractivity contribution < 1.29 is 9.59 Å². The summed E-state index contributed by atoms with van der Waals surface area (Å²) >= 11 is 1.66. The van der Waals surface area contributed by atoms with Gasteiger partial charge in [-0.2, -0.15) is 11.8 Å². The number of halogens is 1. The molecule has 20 heavy (non-hydrogen) atoms. The van der Waals surface area contributed by atoms with Gasteiger partial charge in [0.1, 0.15) is 0 Å². The zero-order chi connectivity index (χ0) is 14.3. The lowest BCUT2D eigenvalue weighted by molar-refractivity contribution is -0.117. The fourth-order valence-corrected chi connectivity index (χ4v) is 1.95. The normalized spacial score (nSPS) is 11.2. The van der Waals surface area contributed by atoms with Crippen LogP contribution in [0.3, 0.4) is 0 Å². The highest BCUT2D eigenvalue weighted by Gasteiger charge is 2.13. The third-order valence-corrected chi connectivity index (χ3v) is 3.26. The number of hydrogen-bond acceptors (Lipinski definition) is 4. The maximum absolute atomic E-state index is 11.8. The van der Waals surface area contributed by atoms with Gasteiger partial charge in [-0.15, -0.1) is 12.4 Å². The number of hydrogen-bond donors (Lipinski definition) is 3. The summed E-state index contributed by atoms with van der Waals surface area (Å²) in [5, 5.41) is 5.26. The van der Waals surface area contributed by atoms with Crippen LogP contribution in [-0.2, 0) is 4.79 Å². The number of nitrogens with two attached hydrogens (primary N) is 1. The molecular weight excluding hydrogens is 298 g/mol. The summed E-state index contributed by atoms with van der Waals surface area (Å²) < 4.78 is 0. The summed E-state index contributed by atoms with van der Waals surface area (Å²) in [4.78, 5) is 23.1. The highest BCUT2D eigenvalue weighted by Crippen LogP contribution is 2.10. The summed E-state index contributed by atoms with van der Waals surface area (Å²) in [5.41, 5.74) is 6.95. The van der Waals surface area contributed by atoms with E-state index in [1.54, 1.807) is 43.1 Å². The Balaban J connectivity index is 0.00000361. The summed E-state index contributed by atoms with van der Waals surface area (Å²) in [6.45, 7) is 0. The molecule has 5 nitrogen and oxygen atoms in total. The van der Waals surface area contributed by atoms with Crippen LogP contribution >= 0.6 is 24.2 Å². The fraction of sp³-hybridized carbons (Fsp3) is 0.385. The van der Waals surface area contributed by atoms with Crippen molar-refractivity contribution in [3.8, 4) is 0 Å². The van der Waals surface area contributed by atoms with Gasteiger partial charge in [-0.25, -0.2) is 0 Å². The quantitative estimate of drug-likeness (QED) is 0.742. The molecule has 1 aromatic rings. The minimum absolute atomic E-state index is 0. The van der Waals surface area contributed by atoms with E-state index in [-0.39, 0.29) is 24.2 Å². The zero-order valence-electron chi connectivity index (χ0n) is 11.5. The molecule has 0 aliphatic heterocycles. The fourth-order valence-electron chi connectivity index (χ4n) is 1.46. The predicted octanol–water partition coefficient (Wildman–Crippen LogP) is 1.49. The molecule has 0 spiro atoms. The molecule has 1 rings (SSSR count).